The Balaban J connectivity index is 2.21. The van der Waals surface area contributed by atoms with E-state index in [0.29, 0.717) is 11.1 Å². The van der Waals surface area contributed by atoms with E-state index in [2.05, 4.69) is 25.9 Å². The van der Waals surface area contributed by atoms with Crippen molar-refractivity contribution in [1.29, 1.82) is 0 Å². The van der Waals surface area contributed by atoms with Gasteiger partial charge in [-0.15, -0.1) is 0 Å². The first-order valence-electron chi connectivity index (χ1n) is 7.55. The van der Waals surface area contributed by atoms with Crippen LogP contribution in [0.2, 0.25) is 0 Å². The topological polar surface area (TPSA) is 78.0 Å². The molecule has 24 heavy (non-hydrogen) atoms. The molecule has 2 aromatic carbocycles. The van der Waals surface area contributed by atoms with Gasteiger partial charge in [-0.3, -0.25) is 14.9 Å². The number of rotatable bonds is 2. The Hall–Kier alpha value is -3.02. The normalized spacial score (nSPS) is 11.6. The standard InChI is InChI=1S/C18H17N3O3/c1-18(2,3)13-7-9-14(10-8-13)20-17(22)16-12(11-19-20)5-4-6-15(16)21(23)24/h4-11H,1-3H3. The number of fused-ring (bicyclic) bond motifs is 1. The molecule has 3 aromatic rings. The summed E-state index contributed by atoms with van der Waals surface area (Å²) in [4.78, 5) is 23.4. The fourth-order valence-electron chi connectivity index (χ4n) is 2.62. The van der Waals surface area contributed by atoms with Crippen molar-refractivity contribution in [3.8, 4) is 5.69 Å². The van der Waals surface area contributed by atoms with Gasteiger partial charge in [0.25, 0.3) is 11.2 Å². The van der Waals surface area contributed by atoms with E-state index in [4.69, 9.17) is 0 Å². The molecule has 0 saturated carbocycles. The molecule has 0 aliphatic heterocycles. The third kappa shape index (κ3) is 2.67. The van der Waals surface area contributed by atoms with Crippen molar-refractivity contribution in [3.63, 3.8) is 0 Å². The summed E-state index contributed by atoms with van der Waals surface area (Å²) in [5, 5.41) is 15.9. The Labute approximate surface area is 138 Å². The van der Waals surface area contributed by atoms with Gasteiger partial charge in [0.05, 0.1) is 16.8 Å². The summed E-state index contributed by atoms with van der Waals surface area (Å²) in [6.45, 7) is 6.31. The van der Waals surface area contributed by atoms with E-state index in [1.807, 2.05) is 12.1 Å². The molecular formula is C18H17N3O3. The van der Waals surface area contributed by atoms with Crippen LogP contribution < -0.4 is 5.56 Å². The predicted molar refractivity (Wildman–Crippen MR) is 92.7 cm³/mol. The van der Waals surface area contributed by atoms with Crippen LogP contribution in [0.5, 0.6) is 0 Å². The summed E-state index contributed by atoms with van der Waals surface area (Å²) in [7, 11) is 0. The summed E-state index contributed by atoms with van der Waals surface area (Å²) in [6.07, 6.45) is 1.47. The molecule has 0 amide bonds. The Kier molecular flexibility index (Phi) is 3.67. The molecule has 0 saturated heterocycles. The molecule has 0 N–H and O–H groups in total. The van der Waals surface area contributed by atoms with Gasteiger partial charge in [-0.25, -0.2) is 0 Å². The second-order valence-electron chi connectivity index (χ2n) is 6.66. The van der Waals surface area contributed by atoms with Crippen LogP contribution in [-0.4, -0.2) is 14.7 Å². The Morgan fingerprint density at radius 3 is 2.33 bits per heavy atom. The number of nitro groups is 1. The largest absolute Gasteiger partial charge is 0.286 e. The third-order valence-corrected chi connectivity index (χ3v) is 3.97. The Morgan fingerprint density at radius 2 is 1.75 bits per heavy atom. The van der Waals surface area contributed by atoms with Crippen LogP contribution in [0.25, 0.3) is 16.5 Å². The lowest BCUT2D eigenvalue weighted by Crippen LogP contribution is -2.22. The first-order valence-corrected chi connectivity index (χ1v) is 7.55. The first kappa shape index (κ1) is 15.9. The SMILES string of the molecule is CC(C)(C)c1ccc(-n2ncc3cccc([N+](=O)[O-])c3c2=O)cc1. The molecule has 0 aliphatic rings. The fraction of sp³-hybridized carbons (Fsp3) is 0.222. The minimum atomic E-state index is -0.545. The van der Waals surface area contributed by atoms with Crippen molar-refractivity contribution >= 4 is 16.5 Å². The highest BCUT2D eigenvalue weighted by atomic mass is 16.6. The quantitative estimate of drug-likeness (QED) is 0.533. The molecule has 3 rings (SSSR count). The zero-order chi connectivity index (χ0) is 17.5. The van der Waals surface area contributed by atoms with Crippen molar-refractivity contribution in [3.05, 3.63) is 74.7 Å². The monoisotopic (exact) mass is 323 g/mol. The van der Waals surface area contributed by atoms with E-state index in [0.717, 1.165) is 5.56 Å². The van der Waals surface area contributed by atoms with Gasteiger partial charge in [-0.1, -0.05) is 45.0 Å². The van der Waals surface area contributed by atoms with Crippen LogP contribution in [0, 0.1) is 10.1 Å². The van der Waals surface area contributed by atoms with Crippen LogP contribution in [0.3, 0.4) is 0 Å². The average molecular weight is 323 g/mol. The van der Waals surface area contributed by atoms with Crippen molar-refractivity contribution in [1.82, 2.24) is 9.78 Å². The maximum Gasteiger partial charge on any atom is 0.286 e. The number of aromatic nitrogens is 2. The van der Waals surface area contributed by atoms with Crippen LogP contribution >= 0.6 is 0 Å². The number of nitro benzene ring substituents is 1. The second kappa shape index (κ2) is 5.56. The minimum Gasteiger partial charge on any atom is -0.266 e. The van der Waals surface area contributed by atoms with E-state index in [1.54, 1.807) is 24.3 Å². The van der Waals surface area contributed by atoms with Gasteiger partial charge in [-0.05, 0) is 23.1 Å². The summed E-state index contributed by atoms with van der Waals surface area (Å²) in [5.41, 5.74) is 1.00. The lowest BCUT2D eigenvalue weighted by molar-refractivity contribution is -0.383. The van der Waals surface area contributed by atoms with Crippen molar-refractivity contribution < 1.29 is 4.92 Å². The molecule has 6 heteroatoms. The molecule has 0 spiro atoms. The smallest absolute Gasteiger partial charge is 0.266 e. The van der Waals surface area contributed by atoms with Crippen molar-refractivity contribution in [2.45, 2.75) is 26.2 Å². The van der Waals surface area contributed by atoms with Crippen LogP contribution in [0.4, 0.5) is 5.69 Å². The molecule has 0 fully saturated rings. The Morgan fingerprint density at radius 1 is 1.08 bits per heavy atom. The third-order valence-electron chi connectivity index (χ3n) is 3.97. The number of nitrogens with zero attached hydrogens (tertiary/aromatic N) is 3. The molecule has 1 aromatic heterocycles. The molecule has 0 aliphatic carbocycles. The van der Waals surface area contributed by atoms with Gasteiger partial charge in [0, 0.05) is 11.5 Å². The summed E-state index contributed by atoms with van der Waals surface area (Å²) < 4.78 is 1.20. The van der Waals surface area contributed by atoms with Gasteiger partial charge in [0.2, 0.25) is 0 Å². The number of benzene rings is 2. The zero-order valence-corrected chi connectivity index (χ0v) is 13.7. The van der Waals surface area contributed by atoms with Crippen LogP contribution in [0.15, 0.2) is 53.5 Å². The molecule has 0 atom stereocenters. The van der Waals surface area contributed by atoms with E-state index < -0.39 is 10.5 Å². The van der Waals surface area contributed by atoms with E-state index >= 15 is 0 Å². The van der Waals surface area contributed by atoms with Gasteiger partial charge in [0.15, 0.2) is 0 Å². The molecule has 0 radical (unpaired) electrons. The summed E-state index contributed by atoms with van der Waals surface area (Å²) in [5.74, 6) is 0. The second-order valence-corrected chi connectivity index (χ2v) is 6.66. The van der Waals surface area contributed by atoms with Crippen LogP contribution in [-0.2, 0) is 5.41 Å². The molecule has 1 heterocycles. The molecular weight excluding hydrogens is 306 g/mol. The van der Waals surface area contributed by atoms with Gasteiger partial charge >= 0.3 is 0 Å². The number of hydrogen-bond donors (Lipinski definition) is 0. The lowest BCUT2D eigenvalue weighted by Gasteiger charge is -2.19. The number of non-ortho nitro benzene ring substituents is 1. The van der Waals surface area contributed by atoms with E-state index in [9.17, 15) is 14.9 Å². The summed E-state index contributed by atoms with van der Waals surface area (Å²) >= 11 is 0. The molecule has 0 bridgehead atoms. The van der Waals surface area contributed by atoms with Crippen molar-refractivity contribution in [2.24, 2.45) is 0 Å². The van der Waals surface area contributed by atoms with Crippen molar-refractivity contribution in [2.75, 3.05) is 0 Å². The van der Waals surface area contributed by atoms with Gasteiger partial charge in [-0.2, -0.15) is 9.78 Å². The number of hydrogen-bond acceptors (Lipinski definition) is 4. The van der Waals surface area contributed by atoms with Gasteiger partial charge < -0.3 is 0 Å². The summed E-state index contributed by atoms with van der Waals surface area (Å²) in [6, 6.07) is 12.0. The predicted octanol–water partition coefficient (Wildman–Crippen LogP) is 3.59. The van der Waals surface area contributed by atoms with E-state index in [1.165, 1.54) is 16.9 Å². The fourth-order valence-corrected chi connectivity index (χ4v) is 2.62. The molecule has 0 unspecified atom stereocenters. The zero-order valence-electron chi connectivity index (χ0n) is 13.7. The maximum absolute atomic E-state index is 12.7. The van der Waals surface area contributed by atoms with Gasteiger partial charge in [0.1, 0.15) is 5.39 Å². The van der Waals surface area contributed by atoms with E-state index in [-0.39, 0.29) is 16.5 Å². The molecule has 122 valence electrons. The first-order chi connectivity index (χ1) is 11.3. The average Bonchev–Trinajstić information content (AvgIpc) is 2.54. The van der Waals surface area contributed by atoms with Crippen LogP contribution in [0.1, 0.15) is 26.3 Å². The minimum absolute atomic E-state index is 0.000902. The highest BCUT2D eigenvalue weighted by molar-refractivity contribution is 5.89. The maximum atomic E-state index is 12.7. The Bertz CT molecular complexity index is 983. The highest BCUT2D eigenvalue weighted by Gasteiger charge is 2.18. The molecule has 6 nitrogen and oxygen atoms in total. The lowest BCUT2D eigenvalue weighted by atomic mass is 9.87. The highest BCUT2D eigenvalue weighted by Crippen LogP contribution is 2.24.